The van der Waals surface area contributed by atoms with Gasteiger partial charge in [0.15, 0.2) is 0 Å². The molecule has 1 aromatic rings. The molecule has 0 aromatic carbocycles. The highest BCUT2D eigenvalue weighted by molar-refractivity contribution is 5.83. The first kappa shape index (κ1) is 15.7. The molecule has 20 heavy (non-hydrogen) atoms. The number of rotatable bonds is 4. The SMILES string of the molecule is Cc1nc(NC(C)(C(=O)O)C(F)(F)F)ccc1[N+](=O)[O-]. The van der Waals surface area contributed by atoms with E-state index >= 15 is 0 Å². The zero-order chi connectivity index (χ0) is 15.7. The highest BCUT2D eigenvalue weighted by Crippen LogP contribution is 2.33. The van der Waals surface area contributed by atoms with Crippen molar-refractivity contribution in [2.45, 2.75) is 25.6 Å². The molecule has 1 aromatic heterocycles. The zero-order valence-corrected chi connectivity index (χ0v) is 10.4. The van der Waals surface area contributed by atoms with Gasteiger partial charge in [-0.1, -0.05) is 0 Å². The second-order valence-electron chi connectivity index (χ2n) is 4.11. The minimum absolute atomic E-state index is 0.130. The Morgan fingerprint density at radius 2 is 2.00 bits per heavy atom. The molecule has 110 valence electrons. The number of nitrogens with one attached hydrogen (secondary N) is 1. The third-order valence-corrected chi connectivity index (χ3v) is 2.63. The molecule has 1 atom stereocenters. The Kier molecular flexibility index (Phi) is 3.87. The van der Waals surface area contributed by atoms with E-state index in [0.29, 0.717) is 6.92 Å². The summed E-state index contributed by atoms with van der Waals surface area (Å²) in [6.45, 7) is 1.67. The van der Waals surface area contributed by atoms with Crippen molar-refractivity contribution < 1.29 is 28.0 Å². The second kappa shape index (κ2) is 4.94. The summed E-state index contributed by atoms with van der Waals surface area (Å²) in [4.78, 5) is 24.2. The largest absolute Gasteiger partial charge is 0.479 e. The van der Waals surface area contributed by atoms with E-state index in [-0.39, 0.29) is 11.4 Å². The van der Waals surface area contributed by atoms with Gasteiger partial charge < -0.3 is 10.4 Å². The number of pyridine rings is 1. The van der Waals surface area contributed by atoms with E-state index in [9.17, 15) is 28.1 Å². The molecule has 0 aliphatic rings. The molecule has 0 spiro atoms. The summed E-state index contributed by atoms with van der Waals surface area (Å²) >= 11 is 0. The van der Waals surface area contributed by atoms with Crippen LogP contribution in [0, 0.1) is 17.0 Å². The van der Waals surface area contributed by atoms with E-state index in [1.165, 1.54) is 6.92 Å². The first-order valence-electron chi connectivity index (χ1n) is 5.19. The number of nitro groups is 1. The van der Waals surface area contributed by atoms with Crippen LogP contribution in [0.4, 0.5) is 24.7 Å². The monoisotopic (exact) mass is 293 g/mol. The van der Waals surface area contributed by atoms with Crippen molar-refractivity contribution in [1.29, 1.82) is 0 Å². The first-order chi connectivity index (χ1) is 8.99. The summed E-state index contributed by atoms with van der Waals surface area (Å²) in [5.74, 6) is -2.56. The van der Waals surface area contributed by atoms with Gasteiger partial charge >= 0.3 is 12.1 Å². The van der Waals surface area contributed by atoms with Gasteiger partial charge in [0, 0.05) is 6.07 Å². The third-order valence-electron chi connectivity index (χ3n) is 2.63. The zero-order valence-electron chi connectivity index (χ0n) is 10.4. The minimum atomic E-state index is -5.07. The summed E-state index contributed by atoms with van der Waals surface area (Å²) in [5.41, 5.74) is -3.75. The number of aryl methyl sites for hydroxylation is 1. The van der Waals surface area contributed by atoms with Crippen LogP contribution in [-0.2, 0) is 4.79 Å². The summed E-state index contributed by atoms with van der Waals surface area (Å²) in [6, 6.07) is 1.86. The number of aliphatic carboxylic acids is 1. The molecule has 1 unspecified atom stereocenters. The molecule has 0 fully saturated rings. The van der Waals surface area contributed by atoms with Gasteiger partial charge in [0.2, 0.25) is 5.54 Å². The van der Waals surface area contributed by atoms with Gasteiger partial charge in [0.05, 0.1) is 4.92 Å². The van der Waals surface area contributed by atoms with Crippen LogP contribution < -0.4 is 5.32 Å². The van der Waals surface area contributed by atoms with Crippen molar-refractivity contribution in [2.75, 3.05) is 5.32 Å². The molecule has 0 saturated heterocycles. The molecule has 1 heterocycles. The predicted molar refractivity (Wildman–Crippen MR) is 61.3 cm³/mol. The Hall–Kier alpha value is -2.39. The molecule has 0 aliphatic carbocycles. The third kappa shape index (κ3) is 2.78. The van der Waals surface area contributed by atoms with Crippen LogP contribution in [0.3, 0.4) is 0 Å². The van der Waals surface area contributed by atoms with Gasteiger partial charge in [-0.15, -0.1) is 0 Å². The van der Waals surface area contributed by atoms with Gasteiger partial charge in [-0.05, 0) is 19.9 Å². The summed E-state index contributed by atoms with van der Waals surface area (Å²) in [5, 5.41) is 21.0. The molecule has 2 N–H and O–H groups in total. The number of nitrogens with zero attached hydrogens (tertiary/aromatic N) is 2. The molecule has 0 aliphatic heterocycles. The maximum atomic E-state index is 12.8. The Bertz CT molecular complexity index is 561. The molecular weight excluding hydrogens is 283 g/mol. The fraction of sp³-hybridized carbons (Fsp3) is 0.400. The van der Waals surface area contributed by atoms with E-state index in [4.69, 9.17) is 5.11 Å². The lowest BCUT2D eigenvalue weighted by Gasteiger charge is -2.29. The number of carbonyl (C=O) groups is 1. The van der Waals surface area contributed by atoms with Crippen LogP contribution in [0.25, 0.3) is 0 Å². The van der Waals surface area contributed by atoms with Crippen LogP contribution in [0.2, 0.25) is 0 Å². The van der Waals surface area contributed by atoms with Crippen LogP contribution in [0.1, 0.15) is 12.6 Å². The topological polar surface area (TPSA) is 105 Å². The van der Waals surface area contributed by atoms with Crippen molar-refractivity contribution in [1.82, 2.24) is 4.98 Å². The smallest absolute Gasteiger partial charge is 0.422 e. The minimum Gasteiger partial charge on any atom is -0.479 e. The normalized spacial score (nSPS) is 14.4. The molecule has 0 radical (unpaired) electrons. The quantitative estimate of drug-likeness (QED) is 0.650. The van der Waals surface area contributed by atoms with Crippen LogP contribution in [0.15, 0.2) is 12.1 Å². The number of carboxylic acids is 1. The fourth-order valence-corrected chi connectivity index (χ4v) is 1.32. The lowest BCUT2D eigenvalue weighted by atomic mass is 10.0. The average Bonchev–Trinajstić information content (AvgIpc) is 2.26. The van der Waals surface area contributed by atoms with E-state index in [1.807, 2.05) is 0 Å². The van der Waals surface area contributed by atoms with Gasteiger partial charge in [-0.3, -0.25) is 10.1 Å². The Balaban J connectivity index is 3.18. The van der Waals surface area contributed by atoms with Crippen LogP contribution >= 0.6 is 0 Å². The Labute approximate surface area is 110 Å². The van der Waals surface area contributed by atoms with Crippen molar-refractivity contribution in [3.8, 4) is 0 Å². The van der Waals surface area contributed by atoms with Gasteiger partial charge in [0.25, 0.3) is 5.69 Å². The molecular formula is C10H10F3N3O4. The average molecular weight is 293 g/mol. The van der Waals surface area contributed by atoms with Gasteiger partial charge in [0.1, 0.15) is 11.5 Å². The van der Waals surface area contributed by atoms with Gasteiger partial charge in [-0.2, -0.15) is 13.2 Å². The van der Waals surface area contributed by atoms with E-state index < -0.39 is 28.4 Å². The fourth-order valence-electron chi connectivity index (χ4n) is 1.32. The van der Waals surface area contributed by atoms with Crippen molar-refractivity contribution in [3.05, 3.63) is 27.9 Å². The standard InChI is InChI=1S/C10H10F3N3O4/c1-5-6(16(19)20)3-4-7(14-5)15-9(2,8(17)18)10(11,12)13/h3-4H,1-2H3,(H,14,15)(H,17,18). The number of carboxylic acid groups (broad SMARTS) is 1. The molecule has 10 heteroatoms. The summed E-state index contributed by atoms with van der Waals surface area (Å²) in [6.07, 6.45) is -5.07. The predicted octanol–water partition coefficient (Wildman–Crippen LogP) is 2.12. The number of hydrogen-bond donors (Lipinski definition) is 2. The first-order valence-corrected chi connectivity index (χ1v) is 5.19. The molecule has 0 saturated carbocycles. The second-order valence-corrected chi connectivity index (χ2v) is 4.11. The summed E-state index contributed by atoms with van der Waals surface area (Å²) < 4.78 is 38.3. The van der Waals surface area contributed by atoms with Gasteiger partial charge in [-0.25, -0.2) is 9.78 Å². The summed E-state index contributed by atoms with van der Waals surface area (Å²) in [7, 11) is 0. The highest BCUT2D eigenvalue weighted by atomic mass is 19.4. The maximum Gasteiger partial charge on any atom is 0.422 e. The molecule has 7 nitrogen and oxygen atoms in total. The number of anilines is 1. The molecule has 1 rings (SSSR count). The van der Waals surface area contributed by atoms with Crippen molar-refractivity contribution >= 4 is 17.5 Å². The van der Waals surface area contributed by atoms with Crippen LogP contribution in [0.5, 0.6) is 0 Å². The van der Waals surface area contributed by atoms with E-state index in [2.05, 4.69) is 4.98 Å². The van der Waals surface area contributed by atoms with Crippen molar-refractivity contribution in [2.24, 2.45) is 0 Å². The number of aromatic nitrogens is 1. The van der Waals surface area contributed by atoms with E-state index in [0.717, 1.165) is 12.1 Å². The lowest BCUT2D eigenvalue weighted by molar-refractivity contribution is -0.385. The number of alkyl halides is 3. The molecule has 0 amide bonds. The Morgan fingerprint density at radius 3 is 2.35 bits per heavy atom. The van der Waals surface area contributed by atoms with E-state index in [1.54, 1.807) is 5.32 Å². The van der Waals surface area contributed by atoms with Crippen LogP contribution in [-0.4, -0.2) is 32.7 Å². The lowest BCUT2D eigenvalue weighted by Crippen LogP contribution is -2.55. The maximum absolute atomic E-state index is 12.8. The highest BCUT2D eigenvalue weighted by Gasteiger charge is 2.57. The molecule has 0 bridgehead atoms. The number of hydrogen-bond acceptors (Lipinski definition) is 5. The van der Waals surface area contributed by atoms with Crippen molar-refractivity contribution in [3.63, 3.8) is 0 Å². The Morgan fingerprint density at radius 1 is 1.45 bits per heavy atom. The number of halogens is 3.